The lowest BCUT2D eigenvalue weighted by atomic mass is 9.85. The summed E-state index contributed by atoms with van der Waals surface area (Å²) in [7, 11) is 0. The van der Waals surface area contributed by atoms with E-state index in [2.05, 4.69) is 10.3 Å². The summed E-state index contributed by atoms with van der Waals surface area (Å²) in [4.78, 5) is 42.4. The largest absolute Gasteiger partial charge is 0.300 e. The molecule has 1 aliphatic carbocycles. The average Bonchev–Trinajstić information content (AvgIpc) is 3.09. The number of hydrogen-bond acceptors (Lipinski definition) is 5. The van der Waals surface area contributed by atoms with E-state index in [4.69, 9.17) is 0 Å². The Balaban J connectivity index is 1.46. The predicted molar refractivity (Wildman–Crippen MR) is 90.3 cm³/mol. The monoisotopic (exact) mass is 341 g/mol. The van der Waals surface area contributed by atoms with Gasteiger partial charge in [0.15, 0.2) is 5.13 Å². The molecule has 0 spiro atoms. The Bertz CT molecular complexity index is 814. The highest BCUT2D eigenvalue weighted by atomic mass is 32.1. The zero-order valence-electron chi connectivity index (χ0n) is 12.8. The topological polar surface area (TPSA) is 79.4 Å². The molecular formula is C17H15N3O3S. The summed E-state index contributed by atoms with van der Waals surface area (Å²) in [6.45, 7) is -0.249. The highest BCUT2D eigenvalue weighted by Gasteiger charge is 2.47. The normalized spacial score (nSPS) is 22.9. The molecule has 1 fully saturated rings. The van der Waals surface area contributed by atoms with E-state index in [1.807, 2.05) is 36.4 Å². The van der Waals surface area contributed by atoms with Crippen molar-refractivity contribution in [1.82, 2.24) is 9.88 Å². The summed E-state index contributed by atoms with van der Waals surface area (Å²) in [6, 6.07) is 7.58. The van der Waals surface area contributed by atoms with Gasteiger partial charge in [-0.3, -0.25) is 19.3 Å². The van der Waals surface area contributed by atoms with Crippen LogP contribution >= 0.6 is 11.3 Å². The van der Waals surface area contributed by atoms with E-state index >= 15 is 0 Å². The first-order valence-corrected chi connectivity index (χ1v) is 8.61. The van der Waals surface area contributed by atoms with Gasteiger partial charge >= 0.3 is 0 Å². The summed E-state index contributed by atoms with van der Waals surface area (Å²) in [5.74, 6) is -1.50. The molecule has 4 rings (SSSR count). The van der Waals surface area contributed by atoms with Gasteiger partial charge in [-0.05, 0) is 25.0 Å². The number of nitrogens with one attached hydrogen (secondary N) is 1. The first-order chi connectivity index (χ1) is 11.6. The Labute approximate surface area is 142 Å². The molecule has 24 heavy (non-hydrogen) atoms. The summed E-state index contributed by atoms with van der Waals surface area (Å²) >= 11 is 1.36. The fourth-order valence-corrected chi connectivity index (χ4v) is 4.13. The number of amides is 3. The van der Waals surface area contributed by atoms with Gasteiger partial charge in [0, 0.05) is 0 Å². The molecule has 1 aromatic heterocycles. The van der Waals surface area contributed by atoms with Crippen LogP contribution < -0.4 is 5.32 Å². The number of aromatic nitrogens is 1. The van der Waals surface area contributed by atoms with Crippen LogP contribution in [0.1, 0.15) is 12.8 Å². The van der Waals surface area contributed by atoms with Gasteiger partial charge in [-0.2, -0.15) is 0 Å². The van der Waals surface area contributed by atoms with Crippen LogP contribution in [-0.2, 0) is 14.4 Å². The second-order valence-electron chi connectivity index (χ2n) is 5.95. The number of fused-ring (bicyclic) bond motifs is 2. The number of thiazole rings is 1. The molecule has 0 saturated carbocycles. The van der Waals surface area contributed by atoms with Crippen molar-refractivity contribution in [2.75, 3.05) is 11.9 Å². The second-order valence-corrected chi connectivity index (χ2v) is 6.98. The standard InChI is InChI=1S/C17H15N3O3S/c21-14(19-17-18-12-7-3-4-8-13(12)24-17)9-20-15(22)10-5-1-2-6-11(10)16(20)23/h1-4,7-8,10-11H,5-6,9H2,(H,18,19,21)/t10-,11-/m1/s1. The third-order valence-corrected chi connectivity index (χ3v) is 5.39. The number of nitrogens with zero attached hydrogens (tertiary/aromatic N) is 2. The smallest absolute Gasteiger partial charge is 0.246 e. The minimum atomic E-state index is -0.401. The van der Waals surface area contributed by atoms with Crippen molar-refractivity contribution in [2.45, 2.75) is 12.8 Å². The fourth-order valence-electron chi connectivity index (χ4n) is 3.25. The number of carbonyl (C=O) groups is 3. The number of hydrogen-bond donors (Lipinski definition) is 1. The van der Waals surface area contributed by atoms with Gasteiger partial charge in [-0.15, -0.1) is 0 Å². The lowest BCUT2D eigenvalue weighted by Gasteiger charge is -2.14. The van der Waals surface area contributed by atoms with Crippen LogP contribution in [-0.4, -0.2) is 34.2 Å². The molecule has 0 unspecified atom stereocenters. The molecular weight excluding hydrogens is 326 g/mol. The maximum atomic E-state index is 12.4. The third-order valence-electron chi connectivity index (χ3n) is 4.44. The average molecular weight is 341 g/mol. The zero-order chi connectivity index (χ0) is 16.7. The molecule has 7 heteroatoms. The highest BCUT2D eigenvalue weighted by molar-refractivity contribution is 7.22. The molecule has 6 nitrogen and oxygen atoms in total. The summed E-state index contributed by atoms with van der Waals surface area (Å²) < 4.78 is 0.971. The number of anilines is 1. The molecule has 1 N–H and O–H groups in total. The van der Waals surface area contributed by atoms with E-state index in [1.54, 1.807) is 0 Å². The number of para-hydroxylation sites is 1. The minimum Gasteiger partial charge on any atom is -0.300 e. The minimum absolute atomic E-state index is 0.242. The van der Waals surface area contributed by atoms with E-state index in [1.165, 1.54) is 11.3 Å². The van der Waals surface area contributed by atoms with E-state index in [0.29, 0.717) is 18.0 Å². The fraction of sp³-hybridized carbons (Fsp3) is 0.294. The Kier molecular flexibility index (Phi) is 3.65. The Hall–Kier alpha value is -2.54. The number of carbonyl (C=O) groups excluding carboxylic acids is 3. The molecule has 2 aromatic rings. The van der Waals surface area contributed by atoms with Gasteiger partial charge in [-0.1, -0.05) is 35.6 Å². The Morgan fingerprint density at radius 2 is 1.83 bits per heavy atom. The lowest BCUT2D eigenvalue weighted by Crippen LogP contribution is -2.38. The SMILES string of the molecule is O=C(CN1C(=O)[C@@H]2CC=CC[C@H]2C1=O)Nc1nc2ccccc2s1. The lowest BCUT2D eigenvalue weighted by molar-refractivity contribution is -0.142. The van der Waals surface area contributed by atoms with Crippen molar-refractivity contribution < 1.29 is 14.4 Å². The molecule has 122 valence electrons. The van der Waals surface area contributed by atoms with Crippen LogP contribution in [0, 0.1) is 11.8 Å². The summed E-state index contributed by atoms with van der Waals surface area (Å²) in [5.41, 5.74) is 0.809. The maximum absolute atomic E-state index is 12.4. The van der Waals surface area contributed by atoms with Gasteiger partial charge in [0.2, 0.25) is 17.7 Å². The Morgan fingerprint density at radius 3 is 2.50 bits per heavy atom. The first-order valence-electron chi connectivity index (χ1n) is 7.79. The summed E-state index contributed by atoms with van der Waals surface area (Å²) in [5, 5.41) is 3.16. The molecule has 0 bridgehead atoms. The molecule has 2 heterocycles. The summed E-state index contributed by atoms with van der Waals surface area (Å²) in [6.07, 6.45) is 5.00. The van der Waals surface area contributed by atoms with E-state index in [9.17, 15) is 14.4 Å². The maximum Gasteiger partial charge on any atom is 0.246 e. The van der Waals surface area contributed by atoms with Gasteiger partial charge in [-0.25, -0.2) is 4.98 Å². The van der Waals surface area contributed by atoms with Crippen molar-refractivity contribution >= 4 is 44.4 Å². The number of rotatable bonds is 3. The molecule has 2 atom stereocenters. The van der Waals surface area contributed by atoms with Crippen molar-refractivity contribution in [3.05, 3.63) is 36.4 Å². The Morgan fingerprint density at radius 1 is 1.17 bits per heavy atom. The van der Waals surface area contributed by atoms with Crippen LogP contribution in [0.15, 0.2) is 36.4 Å². The zero-order valence-corrected chi connectivity index (χ0v) is 13.6. The van der Waals surface area contributed by atoms with E-state index < -0.39 is 5.91 Å². The first kappa shape index (κ1) is 15.0. The number of likely N-dealkylation sites (tertiary alicyclic amines) is 1. The van der Waals surface area contributed by atoms with Gasteiger partial charge in [0.05, 0.1) is 22.1 Å². The molecule has 3 amide bonds. The molecule has 1 saturated heterocycles. The second kappa shape index (κ2) is 5.83. The van der Waals surface area contributed by atoms with Gasteiger partial charge in [0.25, 0.3) is 0 Å². The van der Waals surface area contributed by atoms with Crippen molar-refractivity contribution in [3.63, 3.8) is 0 Å². The predicted octanol–water partition coefficient (Wildman–Crippen LogP) is 2.19. The molecule has 1 aliphatic heterocycles. The molecule has 2 aliphatic rings. The molecule has 0 radical (unpaired) electrons. The number of benzene rings is 1. The molecule has 1 aromatic carbocycles. The van der Waals surface area contributed by atoms with Crippen LogP contribution in [0.2, 0.25) is 0 Å². The van der Waals surface area contributed by atoms with Gasteiger partial charge in [0.1, 0.15) is 6.54 Å². The number of allylic oxidation sites excluding steroid dienone is 2. The van der Waals surface area contributed by atoms with Crippen molar-refractivity contribution in [2.24, 2.45) is 11.8 Å². The van der Waals surface area contributed by atoms with E-state index in [0.717, 1.165) is 15.1 Å². The van der Waals surface area contributed by atoms with Crippen molar-refractivity contribution in [3.8, 4) is 0 Å². The third kappa shape index (κ3) is 2.50. The quantitative estimate of drug-likeness (QED) is 0.685. The van der Waals surface area contributed by atoms with Crippen molar-refractivity contribution in [1.29, 1.82) is 0 Å². The van der Waals surface area contributed by atoms with Crippen LogP contribution in [0.5, 0.6) is 0 Å². The van der Waals surface area contributed by atoms with Crippen LogP contribution in [0.3, 0.4) is 0 Å². The highest BCUT2D eigenvalue weighted by Crippen LogP contribution is 2.35. The van der Waals surface area contributed by atoms with Crippen LogP contribution in [0.4, 0.5) is 5.13 Å². The van der Waals surface area contributed by atoms with E-state index in [-0.39, 0.29) is 30.2 Å². The van der Waals surface area contributed by atoms with Crippen LogP contribution in [0.25, 0.3) is 10.2 Å². The van der Waals surface area contributed by atoms with Gasteiger partial charge < -0.3 is 5.32 Å². The number of imide groups is 1.